The van der Waals surface area contributed by atoms with Crippen LogP contribution < -0.4 is 10.6 Å². The summed E-state index contributed by atoms with van der Waals surface area (Å²) < 4.78 is 5.51. The highest BCUT2D eigenvalue weighted by molar-refractivity contribution is 5.92. The summed E-state index contributed by atoms with van der Waals surface area (Å²) >= 11 is 0. The molecule has 0 aliphatic rings. The number of rotatable bonds is 12. The Bertz CT molecular complexity index is 1090. The van der Waals surface area contributed by atoms with E-state index in [0.717, 1.165) is 41.5 Å². The summed E-state index contributed by atoms with van der Waals surface area (Å²) in [7, 11) is 0. The van der Waals surface area contributed by atoms with Gasteiger partial charge in [-0.05, 0) is 77.1 Å². The van der Waals surface area contributed by atoms with Gasteiger partial charge in [0.2, 0.25) is 11.8 Å². The molecule has 2 rings (SSSR count). The van der Waals surface area contributed by atoms with Crippen molar-refractivity contribution in [3.8, 4) is 0 Å². The van der Waals surface area contributed by atoms with E-state index in [0.29, 0.717) is 6.54 Å². The van der Waals surface area contributed by atoms with Crippen molar-refractivity contribution in [3.63, 3.8) is 0 Å². The maximum absolute atomic E-state index is 14.4. The largest absolute Gasteiger partial charge is 0.444 e. The fraction of sp³-hybridized carbons (Fsp3) is 0.531. The molecule has 2 aromatic rings. The van der Waals surface area contributed by atoms with Gasteiger partial charge in [0.05, 0.1) is 0 Å². The zero-order valence-corrected chi connectivity index (χ0v) is 25.0. The number of amides is 3. The molecule has 0 saturated heterocycles. The number of unbranched alkanes of at least 4 members (excludes halogenated alkanes) is 2. The van der Waals surface area contributed by atoms with Crippen LogP contribution in [0.2, 0.25) is 0 Å². The third-order valence-electron chi connectivity index (χ3n) is 6.49. The number of carbonyl (C=O) groups is 3. The van der Waals surface area contributed by atoms with E-state index in [2.05, 4.69) is 17.6 Å². The van der Waals surface area contributed by atoms with E-state index < -0.39 is 23.8 Å². The average Bonchev–Trinajstić information content (AvgIpc) is 2.84. The van der Waals surface area contributed by atoms with Gasteiger partial charge in [0.1, 0.15) is 17.7 Å². The lowest BCUT2D eigenvalue weighted by molar-refractivity contribution is -0.142. The predicted octanol–water partition coefficient (Wildman–Crippen LogP) is 6.02. The molecule has 7 heteroatoms. The fourth-order valence-electron chi connectivity index (χ4n) is 4.48. The molecule has 2 aromatic carbocycles. The molecule has 2 atom stereocenters. The molecule has 3 amide bonds. The number of nitrogens with zero attached hydrogens (tertiary/aromatic N) is 1. The standard InChI is InChI=1S/C32H47N3O4/c1-9-10-14-20-35(28(29(36)33-22(2)3)26-19-15-16-23(4)24(26)5)30(37)27(21-25-17-12-11-13-18-25)34-31(38)39-32(6,7)8/h11-13,15-19,22,27-28H,9-10,14,20-21H2,1-8H3,(H,33,36)(H,34,38). The molecule has 2 N–H and O–H groups in total. The maximum atomic E-state index is 14.4. The number of hydrogen-bond donors (Lipinski definition) is 2. The molecule has 0 spiro atoms. The SMILES string of the molecule is CCCCCN(C(=O)C(Cc1ccccc1)NC(=O)OC(C)(C)C)C(C(=O)NC(C)C)c1cccc(C)c1C. The van der Waals surface area contributed by atoms with E-state index in [-0.39, 0.29) is 24.3 Å². The van der Waals surface area contributed by atoms with Gasteiger partial charge in [-0.25, -0.2) is 4.79 Å². The third-order valence-corrected chi connectivity index (χ3v) is 6.49. The van der Waals surface area contributed by atoms with Gasteiger partial charge in [0.25, 0.3) is 0 Å². The van der Waals surface area contributed by atoms with Crippen LogP contribution in [0, 0.1) is 13.8 Å². The predicted molar refractivity (Wildman–Crippen MR) is 156 cm³/mol. The topological polar surface area (TPSA) is 87.7 Å². The van der Waals surface area contributed by atoms with Crippen LogP contribution in [0.15, 0.2) is 48.5 Å². The van der Waals surface area contributed by atoms with Crippen molar-refractivity contribution in [1.82, 2.24) is 15.5 Å². The molecule has 2 unspecified atom stereocenters. The summed E-state index contributed by atoms with van der Waals surface area (Å²) in [5, 5.41) is 5.85. The highest BCUT2D eigenvalue weighted by Crippen LogP contribution is 2.28. The van der Waals surface area contributed by atoms with Crippen molar-refractivity contribution in [2.24, 2.45) is 0 Å². The number of ether oxygens (including phenoxy) is 1. The molecule has 7 nitrogen and oxygen atoms in total. The van der Waals surface area contributed by atoms with Gasteiger partial charge >= 0.3 is 6.09 Å². The Kier molecular flexibility index (Phi) is 12.0. The van der Waals surface area contributed by atoms with Gasteiger partial charge < -0.3 is 20.3 Å². The summed E-state index contributed by atoms with van der Waals surface area (Å²) in [5.41, 5.74) is 2.98. The molecule has 214 valence electrons. The van der Waals surface area contributed by atoms with E-state index >= 15 is 0 Å². The van der Waals surface area contributed by atoms with E-state index in [9.17, 15) is 14.4 Å². The Labute approximate surface area is 234 Å². The maximum Gasteiger partial charge on any atom is 0.408 e. The van der Waals surface area contributed by atoms with Gasteiger partial charge in [-0.3, -0.25) is 9.59 Å². The van der Waals surface area contributed by atoms with Gasteiger partial charge in [-0.1, -0.05) is 68.3 Å². The Morgan fingerprint density at radius 3 is 2.18 bits per heavy atom. The molecule has 0 bridgehead atoms. The first kappa shape index (κ1) is 31.9. The second-order valence-electron chi connectivity index (χ2n) is 11.5. The molecule has 39 heavy (non-hydrogen) atoms. The molecular formula is C32H47N3O4. The number of nitrogens with one attached hydrogen (secondary N) is 2. The van der Waals surface area contributed by atoms with Crippen molar-refractivity contribution in [3.05, 3.63) is 70.8 Å². The molecule has 0 aliphatic carbocycles. The monoisotopic (exact) mass is 537 g/mol. The Hall–Kier alpha value is -3.35. The minimum Gasteiger partial charge on any atom is -0.444 e. The van der Waals surface area contributed by atoms with Crippen molar-refractivity contribution < 1.29 is 19.1 Å². The highest BCUT2D eigenvalue weighted by Gasteiger charge is 2.37. The number of alkyl carbamates (subject to hydrolysis) is 1. The molecule has 0 fully saturated rings. The Balaban J connectivity index is 2.59. The van der Waals surface area contributed by atoms with E-state index in [1.165, 1.54) is 0 Å². The van der Waals surface area contributed by atoms with Gasteiger partial charge in [0.15, 0.2) is 0 Å². The first-order chi connectivity index (χ1) is 18.3. The second-order valence-corrected chi connectivity index (χ2v) is 11.5. The van der Waals surface area contributed by atoms with Crippen LogP contribution >= 0.6 is 0 Å². The quantitative estimate of drug-likeness (QED) is 0.324. The van der Waals surface area contributed by atoms with Crippen molar-refractivity contribution in [2.75, 3.05) is 6.54 Å². The lowest BCUT2D eigenvalue weighted by Gasteiger charge is -2.36. The zero-order valence-electron chi connectivity index (χ0n) is 25.0. The van der Waals surface area contributed by atoms with E-state index in [4.69, 9.17) is 4.74 Å². The van der Waals surface area contributed by atoms with Crippen LogP contribution in [0.5, 0.6) is 0 Å². The van der Waals surface area contributed by atoms with Crippen molar-refractivity contribution in [1.29, 1.82) is 0 Å². The minimum atomic E-state index is -0.914. The van der Waals surface area contributed by atoms with Gasteiger partial charge in [-0.2, -0.15) is 0 Å². The summed E-state index contributed by atoms with van der Waals surface area (Å²) in [6, 6.07) is 13.5. The molecule has 0 radical (unpaired) electrons. The van der Waals surface area contributed by atoms with E-state index in [1.54, 1.807) is 25.7 Å². The number of carbonyl (C=O) groups excluding carboxylic acids is 3. The molecule has 0 heterocycles. The summed E-state index contributed by atoms with van der Waals surface area (Å²) in [6.45, 7) is 15.6. The second kappa shape index (κ2) is 14.7. The Morgan fingerprint density at radius 1 is 0.923 bits per heavy atom. The normalized spacial score (nSPS) is 12.9. The highest BCUT2D eigenvalue weighted by atomic mass is 16.6. The average molecular weight is 538 g/mol. The van der Waals surface area contributed by atoms with Gasteiger partial charge in [0, 0.05) is 19.0 Å². The third kappa shape index (κ3) is 10.0. The molecular weight excluding hydrogens is 490 g/mol. The summed E-state index contributed by atoms with van der Waals surface area (Å²) in [4.78, 5) is 42.7. The first-order valence-corrected chi connectivity index (χ1v) is 14.0. The molecule has 0 aliphatic heterocycles. The Morgan fingerprint density at radius 2 is 1.59 bits per heavy atom. The van der Waals surface area contributed by atoms with Crippen LogP contribution in [-0.4, -0.2) is 47.0 Å². The van der Waals surface area contributed by atoms with Crippen LogP contribution in [0.4, 0.5) is 4.79 Å². The van der Waals surface area contributed by atoms with Crippen molar-refractivity contribution in [2.45, 2.75) is 105 Å². The number of aryl methyl sites for hydroxylation is 1. The van der Waals surface area contributed by atoms with Gasteiger partial charge in [-0.15, -0.1) is 0 Å². The lowest BCUT2D eigenvalue weighted by atomic mass is 9.94. The van der Waals surface area contributed by atoms with Crippen molar-refractivity contribution >= 4 is 17.9 Å². The number of benzene rings is 2. The minimum absolute atomic E-state index is 0.0993. The summed E-state index contributed by atoms with van der Waals surface area (Å²) in [6.07, 6.45) is 2.23. The van der Waals surface area contributed by atoms with Crippen LogP contribution in [0.1, 0.15) is 89.1 Å². The number of hydrogen-bond acceptors (Lipinski definition) is 4. The summed E-state index contributed by atoms with van der Waals surface area (Å²) in [5.74, 6) is -0.551. The van der Waals surface area contributed by atoms with Crippen LogP contribution in [0.25, 0.3) is 0 Å². The van der Waals surface area contributed by atoms with Crippen LogP contribution in [-0.2, 0) is 20.7 Å². The zero-order chi connectivity index (χ0) is 29.2. The molecule has 0 saturated carbocycles. The smallest absolute Gasteiger partial charge is 0.408 e. The molecule has 0 aromatic heterocycles. The lowest BCUT2D eigenvalue weighted by Crippen LogP contribution is -2.54. The van der Waals surface area contributed by atoms with Crippen LogP contribution in [0.3, 0.4) is 0 Å². The first-order valence-electron chi connectivity index (χ1n) is 14.0. The fourth-order valence-corrected chi connectivity index (χ4v) is 4.48. The van der Waals surface area contributed by atoms with E-state index in [1.807, 2.05) is 76.2 Å².